The zero-order valence-corrected chi connectivity index (χ0v) is 10.9. The summed E-state index contributed by atoms with van der Waals surface area (Å²) in [5.41, 5.74) is 2.54. The van der Waals surface area contributed by atoms with Crippen molar-refractivity contribution in [3.05, 3.63) is 29.0 Å². The summed E-state index contributed by atoms with van der Waals surface area (Å²) in [4.78, 5) is 0. The van der Waals surface area contributed by atoms with Crippen LogP contribution < -0.4 is 0 Å². The Morgan fingerprint density at radius 3 is 2.94 bits per heavy atom. The molecule has 1 atom stereocenters. The lowest BCUT2D eigenvalue weighted by Gasteiger charge is -2.03. The summed E-state index contributed by atoms with van der Waals surface area (Å²) in [7, 11) is 0. The van der Waals surface area contributed by atoms with E-state index in [2.05, 4.69) is 19.1 Å². The minimum atomic E-state index is -0.676. The van der Waals surface area contributed by atoms with Gasteiger partial charge in [-0.05, 0) is 19.1 Å². The van der Waals surface area contributed by atoms with Crippen molar-refractivity contribution < 1.29 is 5.11 Å². The Labute approximate surface area is 111 Å². The minimum Gasteiger partial charge on any atom is -0.387 e. The van der Waals surface area contributed by atoms with Crippen LogP contribution in [0.1, 0.15) is 18.7 Å². The van der Waals surface area contributed by atoms with Crippen LogP contribution in [0.15, 0.2) is 18.3 Å². The standard InChI is InChI=1S/C10H8ClN5OS/c1-5(17)8-4-16(15-12-8)10-6(11)2-3-7-9(10)14-18-13-7/h2-5,17H,1H3. The van der Waals surface area contributed by atoms with E-state index in [1.165, 1.54) is 4.68 Å². The van der Waals surface area contributed by atoms with Gasteiger partial charge in [0.2, 0.25) is 0 Å². The molecule has 1 N–H and O–H groups in total. The second-order valence-electron chi connectivity index (χ2n) is 3.79. The largest absolute Gasteiger partial charge is 0.387 e. The van der Waals surface area contributed by atoms with Crippen molar-refractivity contribution in [1.29, 1.82) is 0 Å². The molecule has 0 aliphatic rings. The number of fused-ring (bicyclic) bond motifs is 1. The molecule has 8 heteroatoms. The van der Waals surface area contributed by atoms with Crippen molar-refractivity contribution in [3.63, 3.8) is 0 Å². The number of benzene rings is 1. The molecule has 0 radical (unpaired) electrons. The van der Waals surface area contributed by atoms with Gasteiger partial charge in [0.25, 0.3) is 0 Å². The first-order chi connectivity index (χ1) is 8.66. The van der Waals surface area contributed by atoms with E-state index in [9.17, 15) is 5.11 Å². The first-order valence-electron chi connectivity index (χ1n) is 5.18. The highest BCUT2D eigenvalue weighted by Crippen LogP contribution is 2.28. The molecule has 18 heavy (non-hydrogen) atoms. The number of aliphatic hydroxyl groups is 1. The van der Waals surface area contributed by atoms with Gasteiger partial charge in [-0.3, -0.25) is 0 Å². The summed E-state index contributed by atoms with van der Waals surface area (Å²) < 4.78 is 9.86. The summed E-state index contributed by atoms with van der Waals surface area (Å²) in [5, 5.41) is 17.8. The molecule has 0 saturated carbocycles. The summed E-state index contributed by atoms with van der Waals surface area (Å²) in [6, 6.07) is 3.54. The molecule has 2 heterocycles. The molecule has 0 saturated heterocycles. The topological polar surface area (TPSA) is 76.7 Å². The molecule has 0 spiro atoms. The smallest absolute Gasteiger partial charge is 0.132 e. The average Bonchev–Trinajstić information content (AvgIpc) is 2.95. The van der Waals surface area contributed by atoms with Crippen molar-refractivity contribution in [2.24, 2.45) is 0 Å². The number of halogens is 1. The third-order valence-electron chi connectivity index (χ3n) is 2.52. The molecule has 3 rings (SSSR count). The van der Waals surface area contributed by atoms with E-state index in [0.717, 1.165) is 17.2 Å². The SMILES string of the molecule is CC(O)c1cn(-c2c(Cl)ccc3nsnc23)nn1. The van der Waals surface area contributed by atoms with E-state index >= 15 is 0 Å². The molecule has 0 fully saturated rings. The van der Waals surface area contributed by atoms with E-state index in [4.69, 9.17) is 11.6 Å². The van der Waals surface area contributed by atoms with Gasteiger partial charge in [-0.1, -0.05) is 16.8 Å². The highest BCUT2D eigenvalue weighted by atomic mass is 35.5. The van der Waals surface area contributed by atoms with Gasteiger partial charge >= 0.3 is 0 Å². The summed E-state index contributed by atoms with van der Waals surface area (Å²) >= 11 is 7.28. The number of rotatable bonds is 2. The Hall–Kier alpha value is -1.57. The predicted molar refractivity (Wildman–Crippen MR) is 68.0 cm³/mol. The molecule has 1 unspecified atom stereocenters. The third kappa shape index (κ3) is 1.76. The number of aromatic nitrogens is 5. The molecular weight excluding hydrogens is 274 g/mol. The van der Waals surface area contributed by atoms with Crippen LogP contribution in [0.2, 0.25) is 5.02 Å². The fourth-order valence-corrected chi connectivity index (χ4v) is 2.39. The maximum Gasteiger partial charge on any atom is 0.132 e. The van der Waals surface area contributed by atoms with Crippen LogP contribution in [-0.2, 0) is 0 Å². The zero-order chi connectivity index (χ0) is 12.7. The second-order valence-corrected chi connectivity index (χ2v) is 4.73. The van der Waals surface area contributed by atoms with Gasteiger partial charge in [0.15, 0.2) is 0 Å². The van der Waals surface area contributed by atoms with Crippen LogP contribution in [-0.4, -0.2) is 28.8 Å². The number of nitrogens with zero attached hydrogens (tertiary/aromatic N) is 5. The average molecular weight is 282 g/mol. The highest BCUT2D eigenvalue weighted by molar-refractivity contribution is 7.00. The maximum absolute atomic E-state index is 9.45. The van der Waals surface area contributed by atoms with Crippen LogP contribution in [0.25, 0.3) is 16.7 Å². The van der Waals surface area contributed by atoms with Gasteiger partial charge in [0.1, 0.15) is 22.4 Å². The zero-order valence-electron chi connectivity index (χ0n) is 9.28. The third-order valence-corrected chi connectivity index (χ3v) is 3.37. The molecular formula is C10H8ClN5OS. The minimum absolute atomic E-state index is 0.478. The lowest BCUT2D eigenvalue weighted by molar-refractivity contribution is 0.194. The van der Waals surface area contributed by atoms with Gasteiger partial charge in [0.05, 0.1) is 29.1 Å². The number of aliphatic hydroxyl groups excluding tert-OH is 1. The Kier molecular flexibility index (Phi) is 2.73. The van der Waals surface area contributed by atoms with Crippen LogP contribution in [0, 0.1) is 0 Å². The first-order valence-corrected chi connectivity index (χ1v) is 6.29. The van der Waals surface area contributed by atoms with Crippen LogP contribution >= 0.6 is 23.3 Å². The van der Waals surface area contributed by atoms with E-state index in [1.807, 2.05) is 0 Å². The van der Waals surface area contributed by atoms with Gasteiger partial charge in [-0.25, -0.2) is 4.68 Å². The van der Waals surface area contributed by atoms with Gasteiger partial charge in [-0.15, -0.1) is 5.10 Å². The van der Waals surface area contributed by atoms with Crippen molar-refractivity contribution in [2.45, 2.75) is 13.0 Å². The molecule has 92 valence electrons. The highest BCUT2D eigenvalue weighted by Gasteiger charge is 2.15. The molecule has 3 aromatic rings. The molecule has 1 aromatic carbocycles. The fourth-order valence-electron chi connectivity index (χ4n) is 1.61. The Balaban J connectivity index is 2.23. The first kappa shape index (κ1) is 11.5. The number of hydrogen-bond acceptors (Lipinski definition) is 6. The van der Waals surface area contributed by atoms with E-state index in [-0.39, 0.29) is 0 Å². The summed E-state index contributed by atoms with van der Waals surface area (Å²) in [6.45, 7) is 1.63. The van der Waals surface area contributed by atoms with Crippen LogP contribution in [0.5, 0.6) is 0 Å². The van der Waals surface area contributed by atoms with Crippen molar-refractivity contribution in [3.8, 4) is 5.69 Å². The van der Waals surface area contributed by atoms with E-state index in [1.54, 1.807) is 25.3 Å². The molecule has 0 aliphatic carbocycles. The fraction of sp³-hybridized carbons (Fsp3) is 0.200. The monoisotopic (exact) mass is 281 g/mol. The molecule has 0 amide bonds. The summed E-state index contributed by atoms with van der Waals surface area (Å²) in [6.07, 6.45) is 0.954. The van der Waals surface area contributed by atoms with Gasteiger partial charge in [-0.2, -0.15) is 8.75 Å². The molecule has 2 aromatic heterocycles. The van der Waals surface area contributed by atoms with Gasteiger partial charge < -0.3 is 5.11 Å². The Morgan fingerprint density at radius 1 is 1.39 bits per heavy atom. The lowest BCUT2D eigenvalue weighted by Crippen LogP contribution is -1.97. The summed E-state index contributed by atoms with van der Waals surface area (Å²) in [5.74, 6) is 0. The van der Waals surface area contributed by atoms with E-state index in [0.29, 0.717) is 21.9 Å². The quantitative estimate of drug-likeness (QED) is 0.777. The van der Waals surface area contributed by atoms with Crippen molar-refractivity contribution >= 4 is 34.4 Å². The van der Waals surface area contributed by atoms with Crippen molar-refractivity contribution in [2.75, 3.05) is 0 Å². The number of hydrogen-bond donors (Lipinski definition) is 1. The maximum atomic E-state index is 9.45. The normalized spacial score (nSPS) is 13.1. The van der Waals surface area contributed by atoms with Crippen molar-refractivity contribution in [1.82, 2.24) is 23.7 Å². The molecule has 0 aliphatic heterocycles. The van der Waals surface area contributed by atoms with E-state index < -0.39 is 6.10 Å². The van der Waals surface area contributed by atoms with Gasteiger partial charge in [0, 0.05) is 0 Å². The molecule has 0 bridgehead atoms. The molecule has 6 nitrogen and oxygen atoms in total. The van der Waals surface area contributed by atoms with Crippen LogP contribution in [0.4, 0.5) is 0 Å². The second kappa shape index (κ2) is 4.27. The lowest BCUT2D eigenvalue weighted by atomic mass is 10.2. The predicted octanol–water partition coefficient (Wildman–Crippen LogP) is 1.98. The Bertz CT molecular complexity index is 707. The van der Waals surface area contributed by atoms with Crippen LogP contribution in [0.3, 0.4) is 0 Å². The Morgan fingerprint density at radius 2 is 2.22 bits per heavy atom.